The number of anilines is 1. The van der Waals surface area contributed by atoms with Crippen LogP contribution in [0.15, 0.2) is 5.16 Å². The van der Waals surface area contributed by atoms with Crippen molar-refractivity contribution >= 4 is 23.6 Å². The first kappa shape index (κ1) is 9.05. The number of nitrogens with one attached hydrogen (secondary N) is 2. The molecule has 5 nitrogen and oxygen atoms in total. The molecule has 2 N–H and O–H groups in total. The van der Waals surface area contributed by atoms with Gasteiger partial charge in [-0.25, -0.2) is 5.10 Å². The number of carbonyl (C=O) groups excluding carboxylic acids is 1. The topological polar surface area (TPSA) is 70.7 Å². The molecule has 6 heteroatoms. The van der Waals surface area contributed by atoms with Crippen molar-refractivity contribution in [2.45, 2.75) is 19.0 Å². The van der Waals surface area contributed by atoms with Gasteiger partial charge in [0.1, 0.15) is 0 Å². The molecule has 0 spiro atoms. The molecule has 0 aliphatic carbocycles. The molecular formula is C6H10N4OS. The van der Waals surface area contributed by atoms with Gasteiger partial charge in [-0.15, -0.1) is 5.10 Å². The van der Waals surface area contributed by atoms with E-state index in [1.54, 1.807) is 0 Å². The average molecular weight is 186 g/mol. The predicted octanol–water partition coefficient (Wildman–Crippen LogP) is 0.875. The van der Waals surface area contributed by atoms with Crippen LogP contribution in [-0.4, -0.2) is 26.8 Å². The third kappa shape index (κ3) is 2.54. The lowest BCUT2D eigenvalue weighted by atomic mass is 10.7. The standard InChI is InChI=1S/C6H10N4OS/c1-3-12-6-8-5(9-10-6)7-4(2)11/h3H2,1-2H3,(H2,7,8,9,10,11). The fourth-order valence-corrected chi connectivity index (χ4v) is 1.19. The molecule has 1 amide bonds. The van der Waals surface area contributed by atoms with Crippen molar-refractivity contribution in [1.82, 2.24) is 15.2 Å². The number of amides is 1. The van der Waals surface area contributed by atoms with E-state index in [0.29, 0.717) is 11.1 Å². The SMILES string of the molecule is CCSc1n[nH]c(NC(C)=O)n1. The Morgan fingerprint density at radius 3 is 3.08 bits per heavy atom. The Balaban J connectivity index is 2.58. The van der Waals surface area contributed by atoms with Gasteiger partial charge in [0.2, 0.25) is 17.0 Å². The van der Waals surface area contributed by atoms with E-state index in [2.05, 4.69) is 20.5 Å². The number of hydrogen-bond donors (Lipinski definition) is 2. The normalized spacial score (nSPS) is 9.83. The van der Waals surface area contributed by atoms with Crippen molar-refractivity contribution in [2.75, 3.05) is 11.1 Å². The molecule has 0 bridgehead atoms. The van der Waals surface area contributed by atoms with Crippen molar-refractivity contribution in [3.8, 4) is 0 Å². The summed E-state index contributed by atoms with van der Waals surface area (Å²) in [6.07, 6.45) is 0. The highest BCUT2D eigenvalue weighted by atomic mass is 32.2. The van der Waals surface area contributed by atoms with E-state index < -0.39 is 0 Å². The number of H-pyrrole nitrogens is 1. The Kier molecular flexibility index (Phi) is 3.09. The quantitative estimate of drug-likeness (QED) is 0.687. The Morgan fingerprint density at radius 2 is 2.50 bits per heavy atom. The summed E-state index contributed by atoms with van der Waals surface area (Å²) < 4.78 is 0. The molecule has 0 saturated heterocycles. The van der Waals surface area contributed by atoms with E-state index in [0.717, 1.165) is 5.75 Å². The summed E-state index contributed by atoms with van der Waals surface area (Å²) in [7, 11) is 0. The van der Waals surface area contributed by atoms with Crippen molar-refractivity contribution in [1.29, 1.82) is 0 Å². The molecule has 1 rings (SSSR count). The number of rotatable bonds is 3. The summed E-state index contributed by atoms with van der Waals surface area (Å²) >= 11 is 1.52. The maximum atomic E-state index is 10.6. The van der Waals surface area contributed by atoms with Gasteiger partial charge >= 0.3 is 0 Å². The number of hydrogen-bond acceptors (Lipinski definition) is 4. The van der Waals surface area contributed by atoms with Gasteiger partial charge in [-0.05, 0) is 5.75 Å². The van der Waals surface area contributed by atoms with Crippen molar-refractivity contribution in [3.63, 3.8) is 0 Å². The molecule has 12 heavy (non-hydrogen) atoms. The van der Waals surface area contributed by atoms with Crippen LogP contribution in [0.1, 0.15) is 13.8 Å². The van der Waals surface area contributed by atoms with Gasteiger partial charge in [0.15, 0.2) is 0 Å². The Morgan fingerprint density at radius 1 is 1.75 bits per heavy atom. The van der Waals surface area contributed by atoms with Crippen LogP contribution in [-0.2, 0) is 4.79 Å². The second-order valence-corrected chi connectivity index (χ2v) is 3.31. The lowest BCUT2D eigenvalue weighted by molar-refractivity contribution is -0.114. The van der Waals surface area contributed by atoms with Gasteiger partial charge in [0.25, 0.3) is 0 Å². The summed E-state index contributed by atoms with van der Waals surface area (Å²) in [5, 5.41) is 9.64. The third-order valence-electron chi connectivity index (χ3n) is 1.03. The molecular weight excluding hydrogens is 176 g/mol. The zero-order valence-electron chi connectivity index (χ0n) is 6.92. The number of nitrogens with zero attached hydrogens (tertiary/aromatic N) is 2. The Labute approximate surface area is 74.3 Å². The maximum absolute atomic E-state index is 10.6. The molecule has 1 heterocycles. The van der Waals surface area contributed by atoms with Crippen LogP contribution in [0.2, 0.25) is 0 Å². The van der Waals surface area contributed by atoms with E-state index in [4.69, 9.17) is 0 Å². The lowest BCUT2D eigenvalue weighted by Gasteiger charge is -1.91. The summed E-state index contributed by atoms with van der Waals surface area (Å²) in [5.74, 6) is 1.16. The summed E-state index contributed by atoms with van der Waals surface area (Å²) in [5.41, 5.74) is 0. The minimum absolute atomic E-state index is 0.154. The smallest absolute Gasteiger partial charge is 0.226 e. The highest BCUT2D eigenvalue weighted by molar-refractivity contribution is 7.99. The second kappa shape index (κ2) is 4.10. The zero-order valence-corrected chi connectivity index (χ0v) is 7.73. The van der Waals surface area contributed by atoms with E-state index in [-0.39, 0.29) is 5.91 Å². The van der Waals surface area contributed by atoms with Crippen molar-refractivity contribution < 1.29 is 4.79 Å². The predicted molar refractivity (Wildman–Crippen MR) is 47.1 cm³/mol. The van der Waals surface area contributed by atoms with Gasteiger partial charge in [-0.2, -0.15) is 4.98 Å². The maximum Gasteiger partial charge on any atom is 0.226 e. The molecule has 0 aromatic carbocycles. The van der Waals surface area contributed by atoms with E-state index in [9.17, 15) is 4.79 Å². The molecule has 0 radical (unpaired) electrons. The molecule has 0 unspecified atom stereocenters. The first-order chi connectivity index (χ1) is 5.72. The summed E-state index contributed by atoms with van der Waals surface area (Å²) in [6.45, 7) is 3.44. The minimum atomic E-state index is -0.154. The van der Waals surface area contributed by atoms with Crippen molar-refractivity contribution in [2.24, 2.45) is 0 Å². The van der Waals surface area contributed by atoms with Gasteiger partial charge < -0.3 is 0 Å². The molecule has 1 aromatic heterocycles. The van der Waals surface area contributed by atoms with Crippen LogP contribution >= 0.6 is 11.8 Å². The fraction of sp³-hybridized carbons (Fsp3) is 0.500. The molecule has 0 atom stereocenters. The fourth-order valence-electron chi connectivity index (χ4n) is 0.663. The van der Waals surface area contributed by atoms with E-state index in [1.807, 2.05) is 6.92 Å². The van der Waals surface area contributed by atoms with Gasteiger partial charge in [-0.3, -0.25) is 10.1 Å². The van der Waals surface area contributed by atoms with Gasteiger partial charge in [-0.1, -0.05) is 18.7 Å². The largest absolute Gasteiger partial charge is 0.295 e. The molecule has 66 valence electrons. The zero-order chi connectivity index (χ0) is 8.97. The minimum Gasteiger partial charge on any atom is -0.295 e. The van der Waals surface area contributed by atoms with Crippen LogP contribution in [0.4, 0.5) is 5.95 Å². The molecule has 0 aliphatic rings. The number of thioether (sulfide) groups is 1. The van der Waals surface area contributed by atoms with Crippen LogP contribution < -0.4 is 5.32 Å². The van der Waals surface area contributed by atoms with Crippen LogP contribution in [0, 0.1) is 0 Å². The Hall–Kier alpha value is -1.04. The molecule has 0 aliphatic heterocycles. The Bertz CT molecular complexity index is 272. The van der Waals surface area contributed by atoms with Crippen LogP contribution in [0.5, 0.6) is 0 Å². The first-order valence-electron chi connectivity index (χ1n) is 3.55. The first-order valence-corrected chi connectivity index (χ1v) is 4.53. The number of aromatic nitrogens is 3. The molecule has 1 aromatic rings. The monoisotopic (exact) mass is 186 g/mol. The van der Waals surface area contributed by atoms with Gasteiger partial charge in [0, 0.05) is 6.92 Å². The molecule has 0 fully saturated rings. The summed E-state index contributed by atoms with van der Waals surface area (Å²) in [6, 6.07) is 0. The van der Waals surface area contributed by atoms with Gasteiger partial charge in [0.05, 0.1) is 0 Å². The third-order valence-corrected chi connectivity index (χ3v) is 1.76. The highest BCUT2D eigenvalue weighted by Gasteiger charge is 2.02. The average Bonchev–Trinajstić information content (AvgIpc) is 2.36. The van der Waals surface area contributed by atoms with Crippen molar-refractivity contribution in [3.05, 3.63) is 0 Å². The van der Waals surface area contributed by atoms with Crippen LogP contribution in [0.3, 0.4) is 0 Å². The second-order valence-electron chi connectivity index (χ2n) is 2.08. The van der Waals surface area contributed by atoms with Crippen LogP contribution in [0.25, 0.3) is 0 Å². The lowest BCUT2D eigenvalue weighted by Crippen LogP contribution is -2.06. The number of aromatic amines is 1. The van der Waals surface area contributed by atoms with E-state index >= 15 is 0 Å². The molecule has 0 saturated carbocycles. The number of carbonyl (C=O) groups is 1. The van der Waals surface area contributed by atoms with E-state index in [1.165, 1.54) is 18.7 Å². The summed E-state index contributed by atoms with van der Waals surface area (Å²) in [4.78, 5) is 14.6. The highest BCUT2D eigenvalue weighted by Crippen LogP contribution is 2.12.